The Kier molecular flexibility index (Phi) is 5.94. The molecule has 7 heteroatoms. The summed E-state index contributed by atoms with van der Waals surface area (Å²) in [5.74, 6) is -1.65. The van der Waals surface area contributed by atoms with Crippen LogP contribution in [0.4, 0.5) is 30.7 Å². The van der Waals surface area contributed by atoms with E-state index >= 15 is 0 Å². The minimum atomic E-state index is -5.04. The van der Waals surface area contributed by atoms with Crippen LogP contribution in [0, 0.1) is 5.92 Å². The van der Waals surface area contributed by atoms with Gasteiger partial charge in [0, 0.05) is 0 Å². The van der Waals surface area contributed by atoms with Crippen molar-refractivity contribution < 1.29 is 30.7 Å². The molecule has 0 bridgehead atoms. The van der Waals surface area contributed by atoms with Gasteiger partial charge in [-0.3, -0.25) is 0 Å². The van der Waals surface area contributed by atoms with Crippen molar-refractivity contribution in [1.82, 2.24) is 0 Å². The van der Waals surface area contributed by atoms with Crippen molar-refractivity contribution in [2.24, 2.45) is 5.92 Å². The van der Waals surface area contributed by atoms with Crippen molar-refractivity contribution >= 4 is 0 Å². The summed E-state index contributed by atoms with van der Waals surface area (Å²) in [7, 11) is 0. The molecule has 2 unspecified atom stereocenters. The lowest BCUT2D eigenvalue weighted by Gasteiger charge is -2.25. The van der Waals surface area contributed by atoms with E-state index in [-0.39, 0.29) is 12.8 Å². The Morgan fingerprint density at radius 1 is 0.889 bits per heavy atom. The summed E-state index contributed by atoms with van der Waals surface area (Å²) >= 11 is 0. The van der Waals surface area contributed by atoms with Gasteiger partial charge >= 0.3 is 12.4 Å². The standard InChI is InChI=1S/C11H17F7/c1-3-5-8(10(13,14)15)6-4-7-9(2,12)11(16,17)18/h8H,3-7H2,1-2H3. The molecule has 0 aliphatic rings. The molecule has 0 aromatic heterocycles. The highest BCUT2D eigenvalue weighted by molar-refractivity contribution is 4.82. The summed E-state index contributed by atoms with van der Waals surface area (Å²) in [6, 6.07) is 0. The van der Waals surface area contributed by atoms with Gasteiger partial charge in [-0.2, -0.15) is 26.3 Å². The van der Waals surface area contributed by atoms with Gasteiger partial charge < -0.3 is 0 Å². The maximum absolute atomic E-state index is 13.1. The van der Waals surface area contributed by atoms with Crippen LogP contribution in [-0.2, 0) is 0 Å². The van der Waals surface area contributed by atoms with Crippen molar-refractivity contribution in [3.8, 4) is 0 Å². The molecular formula is C11H17F7. The molecule has 2 atom stereocenters. The zero-order valence-corrected chi connectivity index (χ0v) is 10.3. The van der Waals surface area contributed by atoms with E-state index in [0.717, 1.165) is 0 Å². The fraction of sp³-hybridized carbons (Fsp3) is 1.00. The summed E-state index contributed by atoms with van der Waals surface area (Å²) < 4.78 is 86.9. The first kappa shape index (κ1) is 17.5. The van der Waals surface area contributed by atoms with E-state index in [1.54, 1.807) is 6.92 Å². The molecule has 18 heavy (non-hydrogen) atoms. The Balaban J connectivity index is 4.32. The van der Waals surface area contributed by atoms with Gasteiger partial charge in [0.1, 0.15) is 0 Å². The van der Waals surface area contributed by atoms with Crippen LogP contribution in [0.3, 0.4) is 0 Å². The normalized spacial score (nSPS) is 18.5. The van der Waals surface area contributed by atoms with E-state index < -0.39 is 43.2 Å². The van der Waals surface area contributed by atoms with Gasteiger partial charge in [0.15, 0.2) is 0 Å². The lowest BCUT2D eigenvalue weighted by atomic mass is 9.92. The van der Waals surface area contributed by atoms with E-state index in [0.29, 0.717) is 6.92 Å². The average Bonchev–Trinajstić information content (AvgIpc) is 2.12. The second-order valence-corrected chi connectivity index (χ2v) is 4.61. The highest BCUT2D eigenvalue weighted by Crippen LogP contribution is 2.39. The number of alkyl halides is 7. The maximum atomic E-state index is 13.1. The van der Waals surface area contributed by atoms with Gasteiger partial charge in [-0.15, -0.1) is 0 Å². The van der Waals surface area contributed by atoms with Crippen LogP contribution in [-0.4, -0.2) is 18.0 Å². The highest BCUT2D eigenvalue weighted by Gasteiger charge is 2.51. The zero-order chi connectivity index (χ0) is 14.6. The van der Waals surface area contributed by atoms with Gasteiger partial charge in [-0.1, -0.05) is 13.3 Å². The lowest BCUT2D eigenvalue weighted by Crippen LogP contribution is -2.37. The molecule has 0 amide bonds. The number of hydrogen-bond donors (Lipinski definition) is 0. The third kappa shape index (κ3) is 5.44. The zero-order valence-electron chi connectivity index (χ0n) is 10.3. The number of hydrogen-bond acceptors (Lipinski definition) is 0. The van der Waals surface area contributed by atoms with E-state index in [4.69, 9.17) is 0 Å². The van der Waals surface area contributed by atoms with Crippen molar-refractivity contribution in [3.05, 3.63) is 0 Å². The van der Waals surface area contributed by atoms with Crippen LogP contribution < -0.4 is 0 Å². The molecule has 0 aliphatic carbocycles. The Hall–Kier alpha value is -0.490. The smallest absolute Gasteiger partial charge is 0.234 e. The van der Waals surface area contributed by atoms with Crippen molar-refractivity contribution in [2.75, 3.05) is 0 Å². The highest BCUT2D eigenvalue weighted by atomic mass is 19.4. The van der Waals surface area contributed by atoms with Gasteiger partial charge in [-0.05, 0) is 32.6 Å². The predicted molar refractivity (Wildman–Crippen MR) is 53.9 cm³/mol. The van der Waals surface area contributed by atoms with Crippen LogP contribution in [0.1, 0.15) is 46.0 Å². The molecule has 0 spiro atoms. The Morgan fingerprint density at radius 2 is 1.39 bits per heavy atom. The molecule has 0 aromatic rings. The minimum absolute atomic E-state index is 0.140. The third-order valence-electron chi connectivity index (χ3n) is 2.89. The van der Waals surface area contributed by atoms with Gasteiger partial charge in [0.05, 0.1) is 5.92 Å². The fourth-order valence-electron chi connectivity index (χ4n) is 1.64. The van der Waals surface area contributed by atoms with E-state index in [2.05, 4.69) is 0 Å². The Morgan fingerprint density at radius 3 is 1.72 bits per heavy atom. The molecule has 0 saturated carbocycles. The van der Waals surface area contributed by atoms with Crippen LogP contribution in [0.5, 0.6) is 0 Å². The van der Waals surface area contributed by atoms with Crippen LogP contribution >= 0.6 is 0 Å². The largest absolute Gasteiger partial charge is 0.422 e. The van der Waals surface area contributed by atoms with Crippen LogP contribution in [0.15, 0.2) is 0 Å². The molecule has 0 radical (unpaired) electrons. The van der Waals surface area contributed by atoms with Gasteiger partial charge in [0.2, 0.25) is 5.67 Å². The molecule has 0 rings (SSSR count). The molecule has 0 aliphatic heterocycles. The molecule has 0 saturated heterocycles. The van der Waals surface area contributed by atoms with E-state index in [1.807, 2.05) is 0 Å². The number of halogens is 7. The van der Waals surface area contributed by atoms with Crippen molar-refractivity contribution in [2.45, 2.75) is 64.0 Å². The average molecular weight is 282 g/mol. The monoisotopic (exact) mass is 282 g/mol. The summed E-state index contributed by atoms with van der Waals surface area (Å²) in [4.78, 5) is 0. The molecule has 0 fully saturated rings. The predicted octanol–water partition coefficient (Wildman–Crippen LogP) is 5.43. The second kappa shape index (κ2) is 6.10. The van der Waals surface area contributed by atoms with E-state index in [1.165, 1.54) is 0 Å². The molecule has 0 nitrogen and oxygen atoms in total. The maximum Gasteiger partial charge on any atom is 0.422 e. The Bertz CT molecular complexity index is 239. The molecular weight excluding hydrogens is 265 g/mol. The molecule has 0 heterocycles. The van der Waals surface area contributed by atoms with Gasteiger partial charge in [-0.25, -0.2) is 4.39 Å². The van der Waals surface area contributed by atoms with Crippen molar-refractivity contribution in [1.29, 1.82) is 0 Å². The summed E-state index contributed by atoms with van der Waals surface area (Å²) in [6.45, 7) is 1.92. The van der Waals surface area contributed by atoms with E-state index in [9.17, 15) is 30.7 Å². The minimum Gasteiger partial charge on any atom is -0.234 e. The number of rotatable bonds is 6. The first-order valence-electron chi connectivity index (χ1n) is 5.74. The van der Waals surface area contributed by atoms with Gasteiger partial charge in [0.25, 0.3) is 0 Å². The topological polar surface area (TPSA) is 0 Å². The summed E-state index contributed by atoms with van der Waals surface area (Å²) in [5, 5.41) is 0. The SMILES string of the molecule is CCCC(CCCC(C)(F)C(F)(F)F)C(F)(F)F. The summed E-state index contributed by atoms with van der Waals surface area (Å²) in [5.41, 5.74) is -3.42. The second-order valence-electron chi connectivity index (χ2n) is 4.61. The molecule has 0 N–H and O–H groups in total. The fourth-order valence-corrected chi connectivity index (χ4v) is 1.64. The van der Waals surface area contributed by atoms with Crippen molar-refractivity contribution in [3.63, 3.8) is 0 Å². The van der Waals surface area contributed by atoms with Crippen LogP contribution in [0.25, 0.3) is 0 Å². The molecule has 110 valence electrons. The Labute approximate surface area is 102 Å². The first-order valence-corrected chi connectivity index (χ1v) is 5.74. The lowest BCUT2D eigenvalue weighted by molar-refractivity contribution is -0.227. The van der Waals surface area contributed by atoms with Crippen LogP contribution in [0.2, 0.25) is 0 Å². The first-order chi connectivity index (χ1) is 7.92. The molecule has 0 aromatic carbocycles. The third-order valence-corrected chi connectivity index (χ3v) is 2.89. The summed E-state index contributed by atoms with van der Waals surface area (Å²) in [6.07, 6.45) is -11.2. The quantitative estimate of drug-likeness (QED) is 0.570.